The predicted octanol–water partition coefficient (Wildman–Crippen LogP) is 5.64. The van der Waals surface area contributed by atoms with Crippen molar-refractivity contribution in [3.63, 3.8) is 0 Å². The Morgan fingerprint density at radius 1 is 0.737 bits per heavy atom. The van der Waals surface area contributed by atoms with Crippen molar-refractivity contribution in [3.8, 4) is 12.0 Å². The maximum absolute atomic E-state index is 9.39. The highest BCUT2D eigenvalue weighted by atomic mass is 28.4. The van der Waals surface area contributed by atoms with Gasteiger partial charge < -0.3 is 5.11 Å². The van der Waals surface area contributed by atoms with Crippen molar-refractivity contribution in [2.75, 3.05) is 0 Å². The summed E-state index contributed by atoms with van der Waals surface area (Å²) in [5.41, 5.74) is 0. The third kappa shape index (κ3) is 2.80. The lowest BCUT2D eigenvalue weighted by atomic mass is 10.5. The fourth-order valence-corrected chi connectivity index (χ4v) is 20.1. The van der Waals surface area contributed by atoms with Crippen LogP contribution >= 0.6 is 0 Å². The first-order valence-electron chi connectivity index (χ1n) is 8.09. The summed E-state index contributed by atoms with van der Waals surface area (Å²) in [5, 5.41) is 9.39. The second-order valence-electron chi connectivity index (χ2n) is 6.04. The Balaban J connectivity index is 6.15. The molecule has 0 aliphatic carbocycles. The smallest absolute Gasteiger partial charge is 0.107 e. The van der Waals surface area contributed by atoms with Crippen molar-refractivity contribution in [1.82, 2.24) is 0 Å². The zero-order chi connectivity index (χ0) is 15.2. The molecule has 0 aliphatic rings. The van der Waals surface area contributed by atoms with E-state index in [1.54, 1.807) is 0 Å². The van der Waals surface area contributed by atoms with Gasteiger partial charge in [-0.1, -0.05) is 90.7 Å². The fraction of sp³-hybridized carbons (Fsp3) is 0.875. The number of hydrogen-bond donors (Lipinski definition) is 1. The van der Waals surface area contributed by atoms with Crippen LogP contribution in [-0.2, 0) is 0 Å². The summed E-state index contributed by atoms with van der Waals surface area (Å²) >= 11 is 0. The molecule has 0 aromatic carbocycles. The summed E-state index contributed by atoms with van der Waals surface area (Å²) in [6, 6.07) is 7.75. The van der Waals surface area contributed by atoms with Crippen LogP contribution < -0.4 is 0 Å². The van der Waals surface area contributed by atoms with Gasteiger partial charge in [0.15, 0.2) is 0 Å². The molecule has 0 saturated carbocycles. The third-order valence-corrected chi connectivity index (χ3v) is 22.3. The van der Waals surface area contributed by atoms with E-state index in [0.717, 1.165) is 0 Å². The summed E-state index contributed by atoms with van der Waals surface area (Å²) < 4.78 is 0.144. The van der Waals surface area contributed by atoms with Gasteiger partial charge in [-0.05, 0) is 0 Å². The van der Waals surface area contributed by atoms with Crippen molar-refractivity contribution in [2.45, 2.75) is 89.4 Å². The van der Waals surface area contributed by atoms with Crippen LogP contribution in [0.1, 0.15) is 48.5 Å². The molecule has 3 heteroatoms. The van der Waals surface area contributed by atoms with Crippen LogP contribution in [0.2, 0.25) is 40.9 Å². The Kier molecular flexibility index (Phi) is 7.46. The van der Waals surface area contributed by atoms with Crippen LogP contribution in [0.5, 0.6) is 0 Å². The van der Waals surface area contributed by atoms with Crippen LogP contribution in [0.4, 0.5) is 0 Å². The maximum Gasteiger partial charge on any atom is 0.107 e. The molecule has 0 atom stereocenters. The molecule has 0 heterocycles. The van der Waals surface area contributed by atoms with Crippen LogP contribution in [0.25, 0.3) is 0 Å². The zero-order valence-corrected chi connectivity index (χ0v) is 16.2. The van der Waals surface area contributed by atoms with E-state index in [0.29, 0.717) is 0 Å². The lowest BCUT2D eigenvalue weighted by Gasteiger charge is -2.54. The molecule has 19 heavy (non-hydrogen) atoms. The summed E-state index contributed by atoms with van der Waals surface area (Å²) in [4.78, 5) is 0. The van der Waals surface area contributed by atoms with Crippen molar-refractivity contribution in [2.24, 2.45) is 0 Å². The molecule has 1 N–H and O–H groups in total. The Hall–Kier alpha value is -0.206. The molecule has 1 nitrogen and oxygen atoms in total. The summed E-state index contributed by atoms with van der Waals surface area (Å²) in [6.07, 6.45) is 2.34. The normalized spacial score (nSPS) is 13.0. The van der Waals surface area contributed by atoms with Gasteiger partial charge in [-0.15, -0.1) is 0 Å². The molecule has 0 saturated heterocycles. The molecule has 0 spiro atoms. The molecule has 0 amide bonds. The molecule has 0 unspecified atom stereocenters. The van der Waals surface area contributed by atoms with Gasteiger partial charge in [0.2, 0.25) is 0 Å². The first-order valence-corrected chi connectivity index (χ1v) is 13.3. The van der Waals surface area contributed by atoms with Gasteiger partial charge in [-0.2, -0.15) is 0 Å². The molecule has 112 valence electrons. The Bertz CT molecular complexity index is 283. The monoisotopic (exact) mass is 298 g/mol. The average molecular weight is 299 g/mol. The standard InChI is InChI=1S/C16H34OSi2/c1-8-18(9-2,10-3)16(7,14-15-17)19(11-4,12-5)13-6/h17H,8-13H2,1-7H3. The van der Waals surface area contributed by atoms with E-state index in [2.05, 4.69) is 60.5 Å². The van der Waals surface area contributed by atoms with Gasteiger partial charge in [0.25, 0.3) is 0 Å². The minimum atomic E-state index is -1.46. The maximum atomic E-state index is 9.39. The van der Waals surface area contributed by atoms with E-state index in [9.17, 15) is 5.11 Å². The fourth-order valence-electron chi connectivity index (χ4n) is 4.56. The molecular formula is C16H34OSi2. The number of aliphatic hydroxyl groups excluding tert-OH is 1. The SMILES string of the molecule is CC[Si](CC)(CC)C(C)(C#CO)[Si](CC)(CC)CC. The minimum Gasteiger partial charge on any atom is -0.462 e. The van der Waals surface area contributed by atoms with Crippen LogP contribution in [-0.4, -0.2) is 21.3 Å². The Labute approximate surface area is 123 Å². The largest absolute Gasteiger partial charge is 0.462 e. The van der Waals surface area contributed by atoms with E-state index in [4.69, 9.17) is 0 Å². The van der Waals surface area contributed by atoms with E-state index in [1.165, 1.54) is 36.3 Å². The van der Waals surface area contributed by atoms with E-state index in [-0.39, 0.29) is 4.66 Å². The molecule has 0 bridgehead atoms. The molecule has 0 fully saturated rings. The number of aliphatic hydroxyl groups is 1. The molecule has 0 aromatic heterocycles. The lowest BCUT2D eigenvalue weighted by molar-refractivity contribution is 0.515. The van der Waals surface area contributed by atoms with Gasteiger partial charge >= 0.3 is 0 Å². The zero-order valence-electron chi connectivity index (χ0n) is 14.2. The van der Waals surface area contributed by atoms with Crippen LogP contribution in [0.15, 0.2) is 0 Å². The van der Waals surface area contributed by atoms with Gasteiger partial charge in [0.1, 0.15) is 6.11 Å². The minimum absolute atomic E-state index is 0.144. The van der Waals surface area contributed by atoms with Crippen LogP contribution in [0.3, 0.4) is 0 Å². The highest BCUT2D eigenvalue weighted by molar-refractivity contribution is 7.02. The van der Waals surface area contributed by atoms with Crippen LogP contribution in [0, 0.1) is 12.0 Å². The predicted molar refractivity (Wildman–Crippen MR) is 92.5 cm³/mol. The van der Waals surface area contributed by atoms with Crippen molar-refractivity contribution < 1.29 is 5.11 Å². The van der Waals surface area contributed by atoms with E-state index >= 15 is 0 Å². The topological polar surface area (TPSA) is 20.2 Å². The van der Waals surface area contributed by atoms with Gasteiger partial charge in [-0.3, -0.25) is 0 Å². The lowest BCUT2D eigenvalue weighted by Crippen LogP contribution is -2.59. The van der Waals surface area contributed by atoms with Gasteiger partial charge in [0, 0.05) is 4.66 Å². The van der Waals surface area contributed by atoms with Gasteiger partial charge in [0.05, 0.1) is 16.1 Å². The second kappa shape index (κ2) is 7.54. The molecule has 0 aromatic rings. The first-order chi connectivity index (χ1) is 8.92. The molecule has 0 rings (SSSR count). The second-order valence-corrected chi connectivity index (χ2v) is 17.9. The summed E-state index contributed by atoms with van der Waals surface area (Å²) in [6.45, 7) is 16.6. The Morgan fingerprint density at radius 2 is 1.00 bits per heavy atom. The summed E-state index contributed by atoms with van der Waals surface area (Å²) in [5.74, 6) is 3.38. The average Bonchev–Trinajstić information content (AvgIpc) is 2.44. The highest BCUT2D eigenvalue weighted by Gasteiger charge is 2.57. The summed E-state index contributed by atoms with van der Waals surface area (Å²) in [7, 11) is -2.92. The first kappa shape index (κ1) is 18.8. The number of rotatable bonds is 8. The Morgan fingerprint density at radius 3 is 1.16 bits per heavy atom. The highest BCUT2D eigenvalue weighted by Crippen LogP contribution is 2.55. The molecule has 0 radical (unpaired) electrons. The van der Waals surface area contributed by atoms with Gasteiger partial charge in [-0.25, -0.2) is 0 Å². The molecular weight excluding hydrogens is 264 g/mol. The number of hydrogen-bond acceptors (Lipinski definition) is 1. The van der Waals surface area contributed by atoms with E-state index < -0.39 is 16.1 Å². The third-order valence-electron chi connectivity index (χ3n) is 6.49. The van der Waals surface area contributed by atoms with E-state index in [1.807, 2.05) is 0 Å². The van der Waals surface area contributed by atoms with Crippen molar-refractivity contribution >= 4 is 16.1 Å². The quantitative estimate of drug-likeness (QED) is 0.454. The molecule has 0 aliphatic heterocycles. The van der Waals surface area contributed by atoms with Crippen molar-refractivity contribution in [3.05, 3.63) is 0 Å². The van der Waals surface area contributed by atoms with Crippen molar-refractivity contribution in [1.29, 1.82) is 0 Å².